The Hall–Kier alpha value is -2.16. The third-order valence-electron chi connectivity index (χ3n) is 4.35. The van der Waals surface area contributed by atoms with Crippen LogP contribution in [0.5, 0.6) is 0 Å². The number of pyridine rings is 1. The summed E-state index contributed by atoms with van der Waals surface area (Å²) in [6.45, 7) is 4.11. The summed E-state index contributed by atoms with van der Waals surface area (Å²) in [5, 5.41) is 0. The van der Waals surface area contributed by atoms with E-state index < -0.39 is 0 Å². The van der Waals surface area contributed by atoms with E-state index in [4.69, 9.17) is 0 Å². The van der Waals surface area contributed by atoms with E-state index in [0.29, 0.717) is 0 Å². The smallest absolute Gasteiger partial charge is 0.259 e. The molecule has 0 fully saturated rings. The lowest BCUT2D eigenvalue weighted by atomic mass is 9.98. The number of hydrogen-bond donors (Lipinski definition) is 0. The molecule has 3 rings (SSSR count). The number of amides is 1. The Kier molecular flexibility index (Phi) is 3.50. The largest absolute Gasteiger partial charge is 0.296 e. The molecule has 1 aromatic heterocycles. The Morgan fingerprint density at radius 3 is 2.62 bits per heavy atom. The van der Waals surface area contributed by atoms with E-state index in [1.807, 2.05) is 25.1 Å². The molecule has 0 atom stereocenters. The highest BCUT2D eigenvalue weighted by Crippen LogP contribution is 2.29. The molecule has 3 heteroatoms. The quantitative estimate of drug-likeness (QED) is 0.844. The van der Waals surface area contributed by atoms with Crippen molar-refractivity contribution in [3.05, 3.63) is 58.3 Å². The van der Waals surface area contributed by atoms with Crippen molar-refractivity contribution in [1.82, 2.24) is 4.98 Å². The average Bonchev–Trinajstić information content (AvgIpc) is 2.97. The molecule has 0 saturated heterocycles. The van der Waals surface area contributed by atoms with Crippen LogP contribution in [-0.4, -0.2) is 17.9 Å². The number of carbonyl (C=O) groups excluding carboxylic acids is 1. The van der Waals surface area contributed by atoms with Gasteiger partial charge in [0.25, 0.3) is 5.91 Å². The van der Waals surface area contributed by atoms with Crippen molar-refractivity contribution in [2.75, 3.05) is 11.9 Å². The minimum Gasteiger partial charge on any atom is -0.296 e. The fourth-order valence-electron chi connectivity index (χ4n) is 3.19. The number of aryl methyl sites for hydroxylation is 2. The number of carbonyl (C=O) groups is 1. The molecule has 0 saturated carbocycles. The molecule has 0 radical (unpaired) electrons. The second-order valence-electron chi connectivity index (χ2n) is 5.75. The molecule has 0 unspecified atom stereocenters. The van der Waals surface area contributed by atoms with Crippen LogP contribution in [-0.2, 0) is 12.8 Å². The fraction of sp³-hybridized carbons (Fsp3) is 0.333. The maximum absolute atomic E-state index is 12.9. The lowest BCUT2D eigenvalue weighted by molar-refractivity contribution is 0.0991. The van der Waals surface area contributed by atoms with Crippen molar-refractivity contribution in [3.8, 4) is 0 Å². The van der Waals surface area contributed by atoms with Crippen molar-refractivity contribution < 1.29 is 4.79 Å². The number of fused-ring (bicyclic) bond motifs is 1. The van der Waals surface area contributed by atoms with Gasteiger partial charge >= 0.3 is 0 Å². The molecule has 2 aromatic rings. The molecule has 21 heavy (non-hydrogen) atoms. The number of rotatable bonds is 2. The SMILES string of the molecule is Cc1cccnc1N(C)C(=O)c1ccc(C)c2c1CCC2. The molecule has 1 heterocycles. The molecule has 0 bridgehead atoms. The van der Waals surface area contributed by atoms with Crippen molar-refractivity contribution in [2.24, 2.45) is 0 Å². The van der Waals surface area contributed by atoms with Gasteiger partial charge in [-0.25, -0.2) is 4.98 Å². The molecule has 1 aliphatic carbocycles. The topological polar surface area (TPSA) is 33.2 Å². The van der Waals surface area contributed by atoms with Crippen LogP contribution in [0.2, 0.25) is 0 Å². The van der Waals surface area contributed by atoms with Gasteiger partial charge < -0.3 is 0 Å². The summed E-state index contributed by atoms with van der Waals surface area (Å²) in [5.41, 5.74) is 5.75. The first-order chi connectivity index (χ1) is 10.1. The minimum absolute atomic E-state index is 0.0370. The van der Waals surface area contributed by atoms with E-state index >= 15 is 0 Å². The van der Waals surface area contributed by atoms with Crippen molar-refractivity contribution in [2.45, 2.75) is 33.1 Å². The third-order valence-corrected chi connectivity index (χ3v) is 4.35. The highest BCUT2D eigenvalue weighted by molar-refractivity contribution is 6.06. The zero-order valence-corrected chi connectivity index (χ0v) is 12.8. The second-order valence-corrected chi connectivity index (χ2v) is 5.75. The average molecular weight is 280 g/mol. The van der Waals surface area contributed by atoms with Crippen molar-refractivity contribution in [3.63, 3.8) is 0 Å². The Morgan fingerprint density at radius 1 is 1.10 bits per heavy atom. The van der Waals surface area contributed by atoms with E-state index in [1.165, 1.54) is 16.7 Å². The molecular formula is C18H20N2O. The standard InChI is InChI=1S/C18H20N2O/c1-12-9-10-16(15-8-4-7-14(12)15)18(21)20(3)17-13(2)6-5-11-19-17/h5-6,9-11H,4,7-8H2,1-3H3. The molecule has 1 amide bonds. The predicted molar refractivity (Wildman–Crippen MR) is 84.9 cm³/mol. The summed E-state index contributed by atoms with van der Waals surface area (Å²) in [6, 6.07) is 7.90. The Labute approximate surface area is 125 Å². The molecule has 1 aliphatic rings. The van der Waals surface area contributed by atoms with E-state index in [1.54, 1.807) is 18.1 Å². The summed E-state index contributed by atoms with van der Waals surface area (Å²) in [6.07, 6.45) is 4.97. The van der Waals surface area contributed by atoms with Crippen LogP contribution < -0.4 is 4.90 Å². The number of hydrogen-bond acceptors (Lipinski definition) is 2. The van der Waals surface area contributed by atoms with Crippen LogP contribution >= 0.6 is 0 Å². The van der Waals surface area contributed by atoms with E-state index in [2.05, 4.69) is 18.0 Å². The molecule has 3 nitrogen and oxygen atoms in total. The second kappa shape index (κ2) is 5.32. The molecule has 108 valence electrons. The van der Waals surface area contributed by atoms with Gasteiger partial charge in [0.05, 0.1) is 0 Å². The monoisotopic (exact) mass is 280 g/mol. The first-order valence-electron chi connectivity index (χ1n) is 7.40. The molecule has 0 spiro atoms. The van der Waals surface area contributed by atoms with Crippen LogP contribution in [0.1, 0.15) is 39.0 Å². The third kappa shape index (κ3) is 2.33. The normalized spacial score (nSPS) is 13.1. The predicted octanol–water partition coefficient (Wildman–Crippen LogP) is 3.46. The van der Waals surface area contributed by atoms with Gasteiger partial charge in [-0.2, -0.15) is 0 Å². The van der Waals surface area contributed by atoms with E-state index in [-0.39, 0.29) is 5.91 Å². The highest BCUT2D eigenvalue weighted by atomic mass is 16.2. The Morgan fingerprint density at radius 2 is 1.86 bits per heavy atom. The van der Waals surface area contributed by atoms with Gasteiger partial charge in [0.15, 0.2) is 0 Å². The summed E-state index contributed by atoms with van der Waals surface area (Å²) in [4.78, 5) is 18.9. The summed E-state index contributed by atoms with van der Waals surface area (Å²) in [7, 11) is 1.80. The Balaban J connectivity index is 2.00. The maximum atomic E-state index is 12.9. The molecule has 0 aliphatic heterocycles. The molecule has 0 N–H and O–H groups in total. The highest BCUT2D eigenvalue weighted by Gasteiger charge is 2.24. The first kappa shape index (κ1) is 13.8. The summed E-state index contributed by atoms with van der Waals surface area (Å²) < 4.78 is 0. The van der Waals surface area contributed by atoms with Crippen LogP contribution in [0, 0.1) is 13.8 Å². The summed E-state index contributed by atoms with van der Waals surface area (Å²) >= 11 is 0. The Bertz CT molecular complexity index is 706. The van der Waals surface area contributed by atoms with Gasteiger partial charge in [0.1, 0.15) is 5.82 Å². The summed E-state index contributed by atoms with van der Waals surface area (Å²) in [5.74, 6) is 0.768. The van der Waals surface area contributed by atoms with Gasteiger partial charge in [-0.1, -0.05) is 12.1 Å². The van der Waals surface area contributed by atoms with Crippen LogP contribution in [0.4, 0.5) is 5.82 Å². The zero-order valence-electron chi connectivity index (χ0n) is 12.8. The fourth-order valence-corrected chi connectivity index (χ4v) is 3.19. The lowest BCUT2D eigenvalue weighted by Gasteiger charge is -2.20. The molecular weight excluding hydrogens is 260 g/mol. The first-order valence-corrected chi connectivity index (χ1v) is 7.40. The zero-order chi connectivity index (χ0) is 15.0. The number of anilines is 1. The number of nitrogens with zero attached hydrogens (tertiary/aromatic N) is 2. The number of benzene rings is 1. The van der Waals surface area contributed by atoms with Crippen molar-refractivity contribution >= 4 is 11.7 Å². The lowest BCUT2D eigenvalue weighted by Crippen LogP contribution is -2.28. The van der Waals surface area contributed by atoms with Gasteiger partial charge in [-0.05, 0) is 67.5 Å². The molecule has 1 aromatic carbocycles. The van der Waals surface area contributed by atoms with Gasteiger partial charge in [-0.15, -0.1) is 0 Å². The van der Waals surface area contributed by atoms with Gasteiger partial charge in [0.2, 0.25) is 0 Å². The van der Waals surface area contributed by atoms with E-state index in [9.17, 15) is 4.79 Å². The van der Waals surface area contributed by atoms with Gasteiger partial charge in [-0.3, -0.25) is 9.69 Å². The van der Waals surface area contributed by atoms with Crippen LogP contribution in [0.15, 0.2) is 30.5 Å². The van der Waals surface area contributed by atoms with Crippen LogP contribution in [0.3, 0.4) is 0 Å². The minimum atomic E-state index is 0.0370. The maximum Gasteiger partial charge on any atom is 0.259 e. The van der Waals surface area contributed by atoms with Gasteiger partial charge in [0, 0.05) is 18.8 Å². The van der Waals surface area contributed by atoms with Crippen LogP contribution in [0.25, 0.3) is 0 Å². The van der Waals surface area contributed by atoms with Crippen molar-refractivity contribution in [1.29, 1.82) is 0 Å². The van der Waals surface area contributed by atoms with E-state index in [0.717, 1.165) is 36.2 Å². The number of aromatic nitrogens is 1.